The number of oxime groups is 1. The first-order valence-corrected chi connectivity index (χ1v) is 8.65. The number of ketones is 1. The standard InChI is InChI=1S/C19H25NO2/c1-18-9-7-13(21)11-12(18)3-4-14-15-5-6-17(20-22)19(15,2)10-8-16(14)18/h5-6,12,16,22H,3-4,7-11H2,1-2H3/t12?,16-,18-,19-/m0/s1. The summed E-state index contributed by atoms with van der Waals surface area (Å²) in [5, 5.41) is 12.9. The maximum Gasteiger partial charge on any atom is 0.133 e. The first-order valence-electron chi connectivity index (χ1n) is 8.65. The van der Waals surface area contributed by atoms with E-state index in [1.807, 2.05) is 6.08 Å². The molecular weight excluding hydrogens is 274 g/mol. The first kappa shape index (κ1) is 14.2. The van der Waals surface area contributed by atoms with Crippen molar-refractivity contribution in [3.63, 3.8) is 0 Å². The van der Waals surface area contributed by atoms with Crippen LogP contribution in [-0.4, -0.2) is 16.7 Å². The van der Waals surface area contributed by atoms with Crippen molar-refractivity contribution in [2.45, 2.75) is 58.8 Å². The molecule has 118 valence electrons. The quantitative estimate of drug-likeness (QED) is 0.536. The number of rotatable bonds is 0. The maximum absolute atomic E-state index is 11.9. The summed E-state index contributed by atoms with van der Waals surface area (Å²) in [7, 11) is 0. The molecule has 3 nitrogen and oxygen atoms in total. The highest BCUT2D eigenvalue weighted by molar-refractivity contribution is 6.05. The van der Waals surface area contributed by atoms with Crippen LogP contribution < -0.4 is 0 Å². The van der Waals surface area contributed by atoms with E-state index in [2.05, 4.69) is 25.1 Å². The van der Waals surface area contributed by atoms with Crippen LogP contribution in [0.3, 0.4) is 0 Å². The lowest BCUT2D eigenvalue weighted by molar-refractivity contribution is -0.127. The lowest BCUT2D eigenvalue weighted by atomic mass is 9.49. The summed E-state index contributed by atoms with van der Waals surface area (Å²) < 4.78 is 0. The molecular formula is C19H25NO2. The Bertz CT molecular complexity index is 629. The normalized spacial score (nSPS) is 45.7. The Hall–Kier alpha value is -1.38. The SMILES string of the molecule is C[C@]12CC[C@H]3C(=C1C=CC2=NO)CCC1CC(=O)CC[C@@]13C. The summed E-state index contributed by atoms with van der Waals surface area (Å²) in [6.07, 6.45) is 11.3. The van der Waals surface area contributed by atoms with Gasteiger partial charge < -0.3 is 5.21 Å². The molecule has 2 fully saturated rings. The molecule has 0 amide bonds. The largest absolute Gasteiger partial charge is 0.411 e. The van der Waals surface area contributed by atoms with Crippen molar-refractivity contribution in [1.29, 1.82) is 0 Å². The number of hydrogen-bond donors (Lipinski definition) is 1. The highest BCUT2D eigenvalue weighted by Gasteiger charge is 2.53. The van der Waals surface area contributed by atoms with E-state index in [1.165, 1.54) is 5.57 Å². The molecule has 0 radical (unpaired) electrons. The third-order valence-electron chi connectivity index (χ3n) is 7.28. The van der Waals surface area contributed by atoms with Gasteiger partial charge in [-0.15, -0.1) is 0 Å². The molecule has 1 unspecified atom stereocenters. The summed E-state index contributed by atoms with van der Waals surface area (Å²) in [6.45, 7) is 4.65. The Kier molecular flexibility index (Phi) is 2.95. The van der Waals surface area contributed by atoms with Gasteiger partial charge in [0.1, 0.15) is 5.78 Å². The highest BCUT2D eigenvalue weighted by atomic mass is 16.4. The van der Waals surface area contributed by atoms with Gasteiger partial charge in [0.05, 0.1) is 5.71 Å². The predicted octanol–water partition coefficient (Wildman–Crippen LogP) is 4.27. The van der Waals surface area contributed by atoms with Crippen molar-refractivity contribution in [3.8, 4) is 0 Å². The molecule has 0 spiro atoms. The van der Waals surface area contributed by atoms with Gasteiger partial charge >= 0.3 is 0 Å². The monoisotopic (exact) mass is 299 g/mol. The highest BCUT2D eigenvalue weighted by Crippen LogP contribution is 2.61. The van der Waals surface area contributed by atoms with E-state index < -0.39 is 0 Å². The predicted molar refractivity (Wildman–Crippen MR) is 85.9 cm³/mol. The fourth-order valence-electron chi connectivity index (χ4n) is 5.81. The zero-order valence-electron chi connectivity index (χ0n) is 13.6. The number of hydrogen-bond acceptors (Lipinski definition) is 3. The first-order chi connectivity index (χ1) is 10.5. The zero-order valence-corrected chi connectivity index (χ0v) is 13.6. The van der Waals surface area contributed by atoms with Crippen LogP contribution in [0.25, 0.3) is 0 Å². The van der Waals surface area contributed by atoms with Crippen LogP contribution in [0.15, 0.2) is 28.5 Å². The van der Waals surface area contributed by atoms with Gasteiger partial charge in [-0.05, 0) is 67.9 Å². The van der Waals surface area contributed by atoms with Crippen molar-refractivity contribution in [1.82, 2.24) is 0 Å². The molecule has 3 heteroatoms. The van der Waals surface area contributed by atoms with Crippen LogP contribution in [0.2, 0.25) is 0 Å². The second kappa shape index (κ2) is 4.56. The van der Waals surface area contributed by atoms with Gasteiger partial charge in [0.2, 0.25) is 0 Å². The fraction of sp³-hybridized carbons (Fsp3) is 0.684. The van der Waals surface area contributed by atoms with E-state index >= 15 is 0 Å². The van der Waals surface area contributed by atoms with Crippen molar-refractivity contribution in [3.05, 3.63) is 23.3 Å². The second-order valence-electron chi connectivity index (χ2n) is 8.17. The summed E-state index contributed by atoms with van der Waals surface area (Å²) in [6, 6.07) is 0. The van der Waals surface area contributed by atoms with E-state index in [0.29, 0.717) is 23.0 Å². The van der Waals surface area contributed by atoms with Crippen molar-refractivity contribution >= 4 is 11.5 Å². The Morgan fingerprint density at radius 1 is 1.18 bits per heavy atom. The zero-order chi connectivity index (χ0) is 15.5. The Morgan fingerprint density at radius 3 is 2.77 bits per heavy atom. The molecule has 0 bridgehead atoms. The van der Waals surface area contributed by atoms with Gasteiger partial charge in [-0.25, -0.2) is 0 Å². The van der Waals surface area contributed by atoms with Gasteiger partial charge in [-0.2, -0.15) is 0 Å². The molecule has 1 N–H and O–H groups in total. The molecule has 2 saturated carbocycles. The minimum Gasteiger partial charge on any atom is -0.411 e. The van der Waals surface area contributed by atoms with Crippen LogP contribution >= 0.6 is 0 Å². The van der Waals surface area contributed by atoms with Crippen LogP contribution in [0.5, 0.6) is 0 Å². The molecule has 0 heterocycles. The second-order valence-corrected chi connectivity index (χ2v) is 8.17. The number of Topliss-reactive ketones (excluding diaryl/α,β-unsaturated/α-hetero) is 1. The fourth-order valence-corrected chi connectivity index (χ4v) is 5.81. The van der Waals surface area contributed by atoms with Crippen LogP contribution in [0.1, 0.15) is 58.8 Å². The molecule has 0 aromatic heterocycles. The lowest BCUT2D eigenvalue weighted by Crippen LogP contribution is -2.47. The number of nitrogens with zero attached hydrogens (tertiary/aromatic N) is 1. The topological polar surface area (TPSA) is 49.7 Å². The van der Waals surface area contributed by atoms with Crippen molar-refractivity contribution in [2.24, 2.45) is 27.8 Å². The number of fused-ring (bicyclic) bond motifs is 4. The van der Waals surface area contributed by atoms with Gasteiger partial charge in [-0.3, -0.25) is 4.79 Å². The molecule has 4 atom stereocenters. The van der Waals surface area contributed by atoms with E-state index in [9.17, 15) is 10.0 Å². The van der Waals surface area contributed by atoms with Crippen molar-refractivity contribution < 1.29 is 10.0 Å². The smallest absolute Gasteiger partial charge is 0.133 e. The molecule has 4 rings (SSSR count). The number of carbonyl (C=O) groups excluding carboxylic acids is 1. The van der Waals surface area contributed by atoms with Crippen molar-refractivity contribution in [2.75, 3.05) is 0 Å². The minimum atomic E-state index is -0.0890. The van der Waals surface area contributed by atoms with Gasteiger partial charge in [0, 0.05) is 18.3 Å². The van der Waals surface area contributed by atoms with E-state index in [0.717, 1.165) is 50.7 Å². The molecule has 22 heavy (non-hydrogen) atoms. The lowest BCUT2D eigenvalue weighted by Gasteiger charge is -2.54. The average Bonchev–Trinajstić information content (AvgIpc) is 2.84. The molecule has 0 aromatic rings. The third-order valence-corrected chi connectivity index (χ3v) is 7.28. The molecule has 0 aromatic carbocycles. The summed E-state index contributed by atoms with van der Waals surface area (Å²) >= 11 is 0. The number of carbonyl (C=O) groups is 1. The summed E-state index contributed by atoms with van der Waals surface area (Å²) in [4.78, 5) is 11.9. The Morgan fingerprint density at radius 2 is 2.00 bits per heavy atom. The van der Waals surface area contributed by atoms with E-state index in [4.69, 9.17) is 0 Å². The van der Waals surface area contributed by atoms with Crippen LogP contribution in [0.4, 0.5) is 0 Å². The average molecular weight is 299 g/mol. The maximum atomic E-state index is 11.9. The molecule has 0 saturated heterocycles. The van der Waals surface area contributed by atoms with Crippen LogP contribution in [0, 0.1) is 22.7 Å². The summed E-state index contributed by atoms with van der Waals surface area (Å²) in [5.74, 6) is 1.66. The third kappa shape index (κ3) is 1.68. The van der Waals surface area contributed by atoms with E-state index in [-0.39, 0.29) is 5.41 Å². The molecule has 4 aliphatic carbocycles. The Labute approximate surface area is 132 Å². The molecule has 4 aliphatic rings. The Balaban J connectivity index is 1.77. The van der Waals surface area contributed by atoms with Gasteiger partial charge in [0.25, 0.3) is 0 Å². The van der Waals surface area contributed by atoms with Crippen LogP contribution in [-0.2, 0) is 4.79 Å². The summed E-state index contributed by atoms with van der Waals surface area (Å²) in [5.41, 5.74) is 4.03. The number of allylic oxidation sites excluding steroid dienone is 4. The van der Waals surface area contributed by atoms with Gasteiger partial charge in [-0.1, -0.05) is 23.7 Å². The molecule has 0 aliphatic heterocycles. The minimum absolute atomic E-state index is 0.0890. The van der Waals surface area contributed by atoms with Gasteiger partial charge in [0.15, 0.2) is 0 Å². The van der Waals surface area contributed by atoms with E-state index in [1.54, 1.807) is 5.57 Å².